The minimum atomic E-state index is -0.354. The zero-order chi connectivity index (χ0) is 16.7. The predicted octanol–water partition coefficient (Wildman–Crippen LogP) is 3.07. The van der Waals surface area contributed by atoms with Crippen molar-refractivity contribution in [3.63, 3.8) is 0 Å². The topological polar surface area (TPSA) is 83.4 Å². The molecule has 0 atom stereocenters. The van der Waals surface area contributed by atoms with Crippen LogP contribution in [0.1, 0.15) is 17.7 Å². The van der Waals surface area contributed by atoms with Gasteiger partial charge in [-0.15, -0.1) is 0 Å². The number of nitrogens with one attached hydrogen (secondary N) is 3. The first-order valence-electron chi connectivity index (χ1n) is 7.15. The number of hydrogen-bond donors (Lipinski definition) is 3. The number of furan rings is 1. The minimum Gasteiger partial charge on any atom is -0.467 e. The summed E-state index contributed by atoms with van der Waals surface area (Å²) in [5.41, 5.74) is 1.48. The van der Waals surface area contributed by atoms with Gasteiger partial charge in [0.1, 0.15) is 5.76 Å². The first-order chi connectivity index (χ1) is 11.1. The third-order valence-electron chi connectivity index (χ3n) is 3.18. The normalized spacial score (nSPS) is 10.2. The summed E-state index contributed by atoms with van der Waals surface area (Å²) < 4.78 is 5.10. The zero-order valence-electron chi connectivity index (χ0n) is 12.7. The van der Waals surface area contributed by atoms with Gasteiger partial charge in [0, 0.05) is 23.7 Å². The molecule has 0 unspecified atom stereocenters. The van der Waals surface area contributed by atoms with Crippen LogP contribution in [-0.2, 0) is 11.3 Å². The monoisotopic (exact) mass is 335 g/mol. The number of carbonyl (C=O) groups excluding carboxylic acids is 2. The van der Waals surface area contributed by atoms with Crippen molar-refractivity contribution in [2.75, 3.05) is 11.9 Å². The van der Waals surface area contributed by atoms with E-state index in [2.05, 4.69) is 16.0 Å². The second-order valence-corrected chi connectivity index (χ2v) is 5.31. The number of amides is 3. The maximum Gasteiger partial charge on any atom is 0.315 e. The Kier molecular flexibility index (Phi) is 6.05. The van der Waals surface area contributed by atoms with Gasteiger partial charge in [0.05, 0.1) is 12.8 Å². The van der Waals surface area contributed by atoms with E-state index < -0.39 is 0 Å². The van der Waals surface area contributed by atoms with Crippen LogP contribution in [-0.4, -0.2) is 18.5 Å². The SMILES string of the molecule is Cc1c(Cl)cccc1NC(=O)CCNC(=O)NCc1ccco1. The van der Waals surface area contributed by atoms with Crippen LogP contribution >= 0.6 is 11.6 Å². The van der Waals surface area contributed by atoms with Crippen LogP contribution in [0.25, 0.3) is 0 Å². The summed E-state index contributed by atoms with van der Waals surface area (Å²) in [7, 11) is 0. The molecule has 122 valence electrons. The lowest BCUT2D eigenvalue weighted by Crippen LogP contribution is -2.36. The molecule has 3 amide bonds. The van der Waals surface area contributed by atoms with Crippen molar-refractivity contribution in [1.82, 2.24) is 10.6 Å². The van der Waals surface area contributed by atoms with Gasteiger partial charge in [-0.2, -0.15) is 0 Å². The fraction of sp³-hybridized carbons (Fsp3) is 0.250. The molecule has 6 nitrogen and oxygen atoms in total. The predicted molar refractivity (Wildman–Crippen MR) is 88.4 cm³/mol. The Balaban J connectivity index is 1.68. The highest BCUT2D eigenvalue weighted by molar-refractivity contribution is 6.31. The van der Waals surface area contributed by atoms with E-state index >= 15 is 0 Å². The lowest BCUT2D eigenvalue weighted by atomic mass is 10.2. The van der Waals surface area contributed by atoms with Gasteiger partial charge >= 0.3 is 6.03 Å². The third-order valence-corrected chi connectivity index (χ3v) is 3.59. The average Bonchev–Trinajstić information content (AvgIpc) is 3.03. The number of rotatable bonds is 6. The Morgan fingerprint density at radius 2 is 2.00 bits per heavy atom. The van der Waals surface area contributed by atoms with Crippen molar-refractivity contribution in [3.8, 4) is 0 Å². The van der Waals surface area contributed by atoms with E-state index in [1.165, 1.54) is 6.26 Å². The van der Waals surface area contributed by atoms with Crippen molar-refractivity contribution < 1.29 is 14.0 Å². The number of carbonyl (C=O) groups is 2. The molecule has 0 bridgehead atoms. The van der Waals surface area contributed by atoms with Crippen LogP contribution in [0, 0.1) is 6.92 Å². The molecule has 0 aliphatic heterocycles. The average molecular weight is 336 g/mol. The number of halogens is 1. The van der Waals surface area contributed by atoms with Crippen molar-refractivity contribution >= 4 is 29.2 Å². The Morgan fingerprint density at radius 3 is 2.74 bits per heavy atom. The number of urea groups is 1. The molecule has 0 spiro atoms. The molecule has 3 N–H and O–H groups in total. The summed E-state index contributed by atoms with van der Waals surface area (Å²) in [6.07, 6.45) is 1.71. The second kappa shape index (κ2) is 8.24. The Morgan fingerprint density at radius 1 is 1.17 bits per heavy atom. The summed E-state index contributed by atoms with van der Waals surface area (Å²) in [6.45, 7) is 2.36. The van der Waals surface area contributed by atoms with Crippen LogP contribution in [0.5, 0.6) is 0 Å². The maximum absolute atomic E-state index is 11.9. The molecule has 0 fully saturated rings. The molecular weight excluding hydrogens is 318 g/mol. The van der Waals surface area contributed by atoms with Crippen LogP contribution in [0.2, 0.25) is 5.02 Å². The molecule has 23 heavy (non-hydrogen) atoms. The van der Waals surface area contributed by atoms with Crippen LogP contribution < -0.4 is 16.0 Å². The van der Waals surface area contributed by atoms with E-state index in [9.17, 15) is 9.59 Å². The highest BCUT2D eigenvalue weighted by Gasteiger charge is 2.08. The minimum absolute atomic E-state index is 0.167. The van der Waals surface area contributed by atoms with Gasteiger partial charge in [0.25, 0.3) is 0 Å². The summed E-state index contributed by atoms with van der Waals surface area (Å²) >= 11 is 6.00. The highest BCUT2D eigenvalue weighted by Crippen LogP contribution is 2.22. The molecule has 0 saturated heterocycles. The number of benzene rings is 1. The van der Waals surface area contributed by atoms with Crippen molar-refractivity contribution in [2.24, 2.45) is 0 Å². The maximum atomic E-state index is 11.9. The van der Waals surface area contributed by atoms with E-state index in [4.69, 9.17) is 16.0 Å². The highest BCUT2D eigenvalue weighted by atomic mass is 35.5. The standard InChI is InChI=1S/C16H18ClN3O3/c1-11-13(17)5-2-6-14(11)20-15(21)7-8-18-16(22)19-10-12-4-3-9-23-12/h2-6,9H,7-8,10H2,1H3,(H,20,21)(H2,18,19,22). The molecule has 2 rings (SSSR count). The van der Waals surface area contributed by atoms with E-state index in [1.807, 2.05) is 6.92 Å². The summed E-state index contributed by atoms with van der Waals surface area (Å²) in [6, 6.07) is 8.47. The van der Waals surface area contributed by atoms with Crippen LogP contribution in [0.15, 0.2) is 41.0 Å². The summed E-state index contributed by atoms with van der Waals surface area (Å²) in [5, 5.41) is 8.61. The van der Waals surface area contributed by atoms with Crippen LogP contribution in [0.3, 0.4) is 0 Å². The second-order valence-electron chi connectivity index (χ2n) is 4.90. The largest absolute Gasteiger partial charge is 0.467 e. The van der Waals surface area contributed by atoms with E-state index in [-0.39, 0.29) is 24.9 Å². The smallest absolute Gasteiger partial charge is 0.315 e. The summed E-state index contributed by atoms with van der Waals surface area (Å²) in [5.74, 6) is 0.469. The van der Waals surface area contributed by atoms with Crippen molar-refractivity contribution in [3.05, 3.63) is 52.9 Å². The third kappa shape index (κ3) is 5.34. The fourth-order valence-corrected chi connectivity index (χ4v) is 2.06. The fourth-order valence-electron chi connectivity index (χ4n) is 1.89. The van der Waals surface area contributed by atoms with E-state index in [1.54, 1.807) is 30.3 Å². The number of anilines is 1. The van der Waals surface area contributed by atoms with Gasteiger partial charge in [0.2, 0.25) is 5.91 Å². The Labute approximate surface area is 139 Å². The quantitative estimate of drug-likeness (QED) is 0.758. The summed E-state index contributed by atoms with van der Waals surface area (Å²) in [4.78, 5) is 23.4. The van der Waals surface area contributed by atoms with Gasteiger partial charge in [-0.3, -0.25) is 4.79 Å². The van der Waals surface area contributed by atoms with E-state index in [0.29, 0.717) is 23.0 Å². The van der Waals surface area contributed by atoms with Gasteiger partial charge in [-0.25, -0.2) is 4.79 Å². The lowest BCUT2D eigenvalue weighted by molar-refractivity contribution is -0.116. The molecule has 1 aromatic carbocycles. The number of hydrogen-bond acceptors (Lipinski definition) is 3. The van der Waals surface area contributed by atoms with E-state index in [0.717, 1.165) is 5.56 Å². The van der Waals surface area contributed by atoms with Gasteiger partial charge in [-0.1, -0.05) is 17.7 Å². The molecule has 1 aromatic heterocycles. The molecule has 0 aliphatic carbocycles. The first kappa shape index (κ1) is 16.9. The van der Waals surface area contributed by atoms with Gasteiger partial charge in [-0.05, 0) is 36.8 Å². The molecule has 7 heteroatoms. The molecule has 2 aromatic rings. The lowest BCUT2D eigenvalue weighted by Gasteiger charge is -2.10. The Bertz CT molecular complexity index is 671. The van der Waals surface area contributed by atoms with Gasteiger partial charge < -0.3 is 20.4 Å². The molecular formula is C16H18ClN3O3. The van der Waals surface area contributed by atoms with Crippen molar-refractivity contribution in [2.45, 2.75) is 19.9 Å². The van der Waals surface area contributed by atoms with Gasteiger partial charge in [0.15, 0.2) is 0 Å². The zero-order valence-corrected chi connectivity index (χ0v) is 13.4. The molecule has 0 aliphatic rings. The molecule has 0 saturated carbocycles. The molecule has 1 heterocycles. The molecule has 0 radical (unpaired) electrons. The first-order valence-corrected chi connectivity index (χ1v) is 7.53. The van der Waals surface area contributed by atoms with Crippen molar-refractivity contribution in [1.29, 1.82) is 0 Å². The van der Waals surface area contributed by atoms with Crippen LogP contribution in [0.4, 0.5) is 10.5 Å². The Hall–Kier alpha value is -2.47.